The second-order valence-corrected chi connectivity index (χ2v) is 6.81. The zero-order valence-corrected chi connectivity index (χ0v) is 16.0. The number of piperidine rings is 1. The fourth-order valence-electron chi connectivity index (χ4n) is 3.71. The molecule has 2 saturated heterocycles. The number of carbonyl (C=O) groups excluding carboxylic acids is 2. The van der Waals surface area contributed by atoms with Crippen molar-refractivity contribution in [3.05, 3.63) is 29.8 Å². The molecule has 1 aromatic rings. The van der Waals surface area contributed by atoms with Crippen LogP contribution in [0.2, 0.25) is 0 Å². The van der Waals surface area contributed by atoms with Crippen LogP contribution in [0, 0.1) is 0 Å². The van der Waals surface area contributed by atoms with Gasteiger partial charge in [-0.15, -0.1) is 12.4 Å². The number of hydrogen-bond acceptors (Lipinski definition) is 5. The highest BCUT2D eigenvalue weighted by Crippen LogP contribution is 2.21. The minimum atomic E-state index is -0.000499. The van der Waals surface area contributed by atoms with Crippen molar-refractivity contribution in [2.24, 2.45) is 5.73 Å². The molecular formula is C19H29ClN4O2. The Balaban J connectivity index is 0.00000243. The molecular weight excluding hydrogens is 352 g/mol. The molecule has 0 atom stereocenters. The molecule has 144 valence electrons. The molecule has 7 heteroatoms. The molecule has 26 heavy (non-hydrogen) atoms. The maximum absolute atomic E-state index is 11.8. The molecule has 1 aromatic carbocycles. The molecule has 6 nitrogen and oxygen atoms in total. The molecule has 0 aliphatic carbocycles. The Bertz CT molecular complexity index is 601. The zero-order chi connectivity index (χ0) is 17.6. The fraction of sp³-hybridized carbons (Fsp3) is 0.579. The van der Waals surface area contributed by atoms with Crippen molar-refractivity contribution >= 4 is 29.9 Å². The van der Waals surface area contributed by atoms with Crippen LogP contribution in [0.3, 0.4) is 0 Å². The fourth-order valence-corrected chi connectivity index (χ4v) is 3.71. The number of amides is 2. The number of nitrogens with zero attached hydrogens (tertiary/aromatic N) is 3. The van der Waals surface area contributed by atoms with Gasteiger partial charge in [-0.05, 0) is 31.0 Å². The number of carbonyl (C=O) groups is 2. The van der Waals surface area contributed by atoms with Gasteiger partial charge in [0.1, 0.15) is 0 Å². The lowest BCUT2D eigenvalue weighted by molar-refractivity contribution is -0.148. The van der Waals surface area contributed by atoms with Gasteiger partial charge >= 0.3 is 0 Å². The predicted molar refractivity (Wildman–Crippen MR) is 105 cm³/mol. The summed E-state index contributed by atoms with van der Waals surface area (Å²) in [6.07, 6.45) is 2.60. The summed E-state index contributed by atoms with van der Waals surface area (Å²) in [5.74, 6) is -0.000998. The first-order chi connectivity index (χ1) is 12.2. The first kappa shape index (κ1) is 20.7. The van der Waals surface area contributed by atoms with Crippen LogP contribution in [-0.2, 0) is 16.1 Å². The zero-order valence-electron chi connectivity index (χ0n) is 15.2. The Morgan fingerprint density at radius 3 is 2.23 bits per heavy atom. The van der Waals surface area contributed by atoms with Crippen molar-refractivity contribution in [3.63, 3.8) is 0 Å². The number of benzene rings is 1. The van der Waals surface area contributed by atoms with Crippen LogP contribution in [0.5, 0.6) is 0 Å². The molecule has 0 unspecified atom stereocenters. The molecule has 2 amide bonds. The number of likely N-dealkylation sites (tertiary alicyclic amines) is 1. The lowest BCUT2D eigenvalue weighted by atomic mass is 10.1. The normalized spacial score (nSPS) is 18.8. The van der Waals surface area contributed by atoms with E-state index in [-0.39, 0.29) is 24.2 Å². The second kappa shape index (κ2) is 9.90. The van der Waals surface area contributed by atoms with E-state index < -0.39 is 0 Å². The van der Waals surface area contributed by atoms with Gasteiger partial charge in [-0.1, -0.05) is 18.2 Å². The molecule has 0 saturated carbocycles. The highest BCUT2D eigenvalue weighted by atomic mass is 35.5. The van der Waals surface area contributed by atoms with Gasteiger partial charge < -0.3 is 10.6 Å². The van der Waals surface area contributed by atoms with E-state index in [1.807, 2.05) is 6.07 Å². The van der Waals surface area contributed by atoms with Crippen molar-refractivity contribution in [2.45, 2.75) is 32.2 Å². The van der Waals surface area contributed by atoms with Crippen LogP contribution in [-0.4, -0.2) is 60.9 Å². The summed E-state index contributed by atoms with van der Waals surface area (Å²) in [4.78, 5) is 29.9. The first-order valence-electron chi connectivity index (χ1n) is 9.27. The van der Waals surface area contributed by atoms with Gasteiger partial charge in [0.25, 0.3) is 0 Å². The summed E-state index contributed by atoms with van der Waals surface area (Å²) in [5.41, 5.74) is 8.28. The summed E-state index contributed by atoms with van der Waals surface area (Å²) >= 11 is 0. The van der Waals surface area contributed by atoms with Crippen molar-refractivity contribution in [2.75, 3.05) is 44.2 Å². The largest absolute Gasteiger partial charge is 0.369 e. The van der Waals surface area contributed by atoms with Crippen LogP contribution >= 0.6 is 12.4 Å². The SMILES string of the molecule is Cl.NCc1ccccc1N1CCN(CCCN2C(=O)CCCC2=O)CC1. The lowest BCUT2D eigenvalue weighted by Crippen LogP contribution is -2.48. The average molecular weight is 381 g/mol. The van der Waals surface area contributed by atoms with Gasteiger partial charge in [0, 0.05) is 57.8 Å². The van der Waals surface area contributed by atoms with E-state index in [4.69, 9.17) is 5.73 Å². The predicted octanol–water partition coefficient (Wildman–Crippen LogP) is 1.62. The van der Waals surface area contributed by atoms with Crippen molar-refractivity contribution in [3.8, 4) is 0 Å². The molecule has 2 aliphatic rings. The Hall–Kier alpha value is -1.63. The van der Waals surface area contributed by atoms with Crippen LogP contribution in [0.25, 0.3) is 0 Å². The topological polar surface area (TPSA) is 69.9 Å². The van der Waals surface area contributed by atoms with Crippen LogP contribution in [0.15, 0.2) is 24.3 Å². The van der Waals surface area contributed by atoms with E-state index >= 15 is 0 Å². The van der Waals surface area contributed by atoms with Gasteiger partial charge in [-0.3, -0.25) is 19.4 Å². The van der Waals surface area contributed by atoms with Gasteiger partial charge in [0.05, 0.1) is 0 Å². The summed E-state index contributed by atoms with van der Waals surface area (Å²) in [6, 6.07) is 8.33. The molecule has 3 rings (SSSR count). The Kier molecular flexibility index (Phi) is 7.87. The highest BCUT2D eigenvalue weighted by molar-refractivity contribution is 5.97. The van der Waals surface area contributed by atoms with Crippen molar-refractivity contribution in [1.82, 2.24) is 9.80 Å². The molecule has 2 fully saturated rings. The monoisotopic (exact) mass is 380 g/mol. The number of nitrogens with two attached hydrogens (primary N) is 1. The van der Waals surface area contributed by atoms with Gasteiger partial charge in [-0.2, -0.15) is 0 Å². The number of para-hydroxylation sites is 1. The summed E-state index contributed by atoms with van der Waals surface area (Å²) in [7, 11) is 0. The Morgan fingerprint density at radius 1 is 0.923 bits per heavy atom. The smallest absolute Gasteiger partial charge is 0.229 e. The molecule has 0 spiro atoms. The number of imide groups is 1. The van der Waals surface area contributed by atoms with Gasteiger partial charge in [0.2, 0.25) is 11.8 Å². The first-order valence-corrected chi connectivity index (χ1v) is 9.27. The van der Waals surface area contributed by atoms with E-state index in [1.54, 1.807) is 0 Å². The maximum Gasteiger partial charge on any atom is 0.229 e. The third kappa shape index (κ3) is 4.96. The summed E-state index contributed by atoms with van der Waals surface area (Å²) in [5, 5.41) is 0. The third-order valence-electron chi connectivity index (χ3n) is 5.16. The second-order valence-electron chi connectivity index (χ2n) is 6.81. The molecule has 2 N–H and O–H groups in total. The molecule has 2 heterocycles. The Morgan fingerprint density at radius 2 is 1.58 bits per heavy atom. The minimum absolute atomic E-state index is 0. The minimum Gasteiger partial charge on any atom is -0.369 e. The molecule has 0 bridgehead atoms. The van der Waals surface area contributed by atoms with Gasteiger partial charge in [-0.25, -0.2) is 0 Å². The number of halogens is 1. The van der Waals surface area contributed by atoms with E-state index in [0.29, 0.717) is 32.4 Å². The standard InChI is InChI=1S/C19H28N4O2.ClH/c20-15-16-5-1-2-6-17(16)22-13-11-21(12-14-22)9-4-10-23-18(24)7-3-8-19(23)25;/h1-2,5-6H,3-4,7-15,20H2;1H. The molecule has 0 radical (unpaired) electrons. The molecule has 2 aliphatic heterocycles. The number of anilines is 1. The number of piperazine rings is 1. The van der Waals surface area contributed by atoms with Crippen LogP contribution in [0.4, 0.5) is 5.69 Å². The van der Waals surface area contributed by atoms with Crippen LogP contribution in [0.1, 0.15) is 31.2 Å². The van der Waals surface area contributed by atoms with Crippen LogP contribution < -0.4 is 10.6 Å². The maximum atomic E-state index is 11.8. The lowest BCUT2D eigenvalue weighted by Gasteiger charge is -2.37. The third-order valence-corrected chi connectivity index (χ3v) is 5.16. The van der Waals surface area contributed by atoms with E-state index in [9.17, 15) is 9.59 Å². The van der Waals surface area contributed by atoms with E-state index in [0.717, 1.165) is 39.1 Å². The summed E-state index contributed by atoms with van der Waals surface area (Å²) < 4.78 is 0. The highest BCUT2D eigenvalue weighted by Gasteiger charge is 2.25. The van der Waals surface area contributed by atoms with E-state index in [2.05, 4.69) is 28.0 Å². The van der Waals surface area contributed by atoms with Gasteiger partial charge in [0.15, 0.2) is 0 Å². The number of rotatable bonds is 6. The summed E-state index contributed by atoms with van der Waals surface area (Å²) in [6.45, 7) is 6.03. The number of hydrogen-bond donors (Lipinski definition) is 1. The average Bonchev–Trinajstić information content (AvgIpc) is 2.65. The Labute approximate surface area is 161 Å². The van der Waals surface area contributed by atoms with Crippen molar-refractivity contribution < 1.29 is 9.59 Å². The molecule has 0 aromatic heterocycles. The van der Waals surface area contributed by atoms with E-state index in [1.165, 1.54) is 16.2 Å². The quantitative estimate of drug-likeness (QED) is 0.759. The van der Waals surface area contributed by atoms with Crippen molar-refractivity contribution in [1.29, 1.82) is 0 Å².